The fourth-order valence-electron chi connectivity index (χ4n) is 3.89. The predicted molar refractivity (Wildman–Crippen MR) is 118 cm³/mol. The number of rotatable bonds is 5. The van der Waals surface area contributed by atoms with Crippen molar-refractivity contribution in [3.8, 4) is 0 Å². The molecule has 1 aliphatic carbocycles. The average Bonchev–Trinajstić information content (AvgIpc) is 3.27. The van der Waals surface area contributed by atoms with Crippen molar-refractivity contribution in [1.29, 1.82) is 0 Å². The molecule has 2 aliphatic heterocycles. The number of hydrogen-bond donors (Lipinski definition) is 1. The van der Waals surface area contributed by atoms with E-state index in [-0.39, 0.29) is 0 Å². The summed E-state index contributed by atoms with van der Waals surface area (Å²) in [7, 11) is 0. The van der Waals surface area contributed by atoms with E-state index in [0.717, 1.165) is 43.9 Å². The zero-order valence-electron chi connectivity index (χ0n) is 17.4. The summed E-state index contributed by atoms with van der Waals surface area (Å²) in [6, 6.07) is 5.17. The van der Waals surface area contributed by atoms with Crippen molar-refractivity contribution < 1.29 is 13.2 Å². The highest BCUT2D eigenvalue weighted by Gasteiger charge is 2.30. The molecule has 1 saturated heterocycles. The predicted octanol–water partition coefficient (Wildman–Crippen LogP) is 4.82. The maximum atomic E-state index is 13.0. The number of hydrogen-bond acceptors (Lipinski definition) is 6. The molecule has 2 fully saturated rings. The van der Waals surface area contributed by atoms with Gasteiger partial charge in [0.05, 0.1) is 12.1 Å². The molecular formula is C23H23F3N6. The summed E-state index contributed by atoms with van der Waals surface area (Å²) in [5.41, 5.74) is 1.08. The van der Waals surface area contributed by atoms with Gasteiger partial charge in [-0.1, -0.05) is 18.2 Å². The van der Waals surface area contributed by atoms with Gasteiger partial charge in [-0.15, -0.1) is 0 Å². The molecule has 5 rings (SSSR count). The van der Waals surface area contributed by atoms with Gasteiger partial charge >= 0.3 is 6.18 Å². The highest BCUT2D eigenvalue weighted by Crippen LogP contribution is 2.37. The Hall–Kier alpha value is -3.23. The molecule has 0 spiro atoms. The molecule has 1 saturated carbocycles. The number of anilines is 2. The first kappa shape index (κ1) is 20.7. The Morgan fingerprint density at radius 1 is 1.03 bits per heavy atom. The molecule has 166 valence electrons. The third-order valence-corrected chi connectivity index (χ3v) is 5.76. The van der Waals surface area contributed by atoms with Gasteiger partial charge in [0, 0.05) is 13.1 Å². The largest absolute Gasteiger partial charge is 0.416 e. The molecule has 3 aliphatic rings. The minimum absolute atomic E-state index is 0.381. The molecule has 9 heteroatoms. The standard InChI is InChI=1S/C23H23F3N6/c24-23(25,26)18-5-3-4-15(12-18)6-9-19-28-21(31-22(30-19)32-10-1-2-11-32)29-20-13-17(14-27-20)16-7-8-16/h3-6,9,12-13,16H,1-2,7-8,10-11,14H2,(H,27,28,29,30,31)/b9-6+. The SMILES string of the molecule is FC(F)(F)c1cccc(/C=C/c2nc(NC3=NCC(C4CC4)=C3)nc(N3CCCC3)n2)c1. The van der Waals surface area contributed by atoms with Crippen LogP contribution in [0.3, 0.4) is 0 Å². The van der Waals surface area contributed by atoms with E-state index >= 15 is 0 Å². The Bertz CT molecular complexity index is 1100. The molecule has 0 atom stereocenters. The molecule has 32 heavy (non-hydrogen) atoms. The first-order chi connectivity index (χ1) is 15.4. The summed E-state index contributed by atoms with van der Waals surface area (Å²) in [4.78, 5) is 20.2. The third-order valence-electron chi connectivity index (χ3n) is 5.76. The number of aliphatic imine (C=N–C) groups is 1. The number of aromatic nitrogens is 3. The van der Waals surface area contributed by atoms with E-state index in [9.17, 15) is 13.2 Å². The van der Waals surface area contributed by atoms with Crippen molar-refractivity contribution in [1.82, 2.24) is 15.0 Å². The first-order valence-corrected chi connectivity index (χ1v) is 10.8. The van der Waals surface area contributed by atoms with Crippen molar-refractivity contribution in [3.63, 3.8) is 0 Å². The second kappa shape index (κ2) is 8.37. The lowest BCUT2D eigenvalue weighted by Crippen LogP contribution is -2.22. The Morgan fingerprint density at radius 3 is 2.59 bits per heavy atom. The highest BCUT2D eigenvalue weighted by atomic mass is 19.4. The lowest BCUT2D eigenvalue weighted by Gasteiger charge is -2.16. The van der Waals surface area contributed by atoms with E-state index in [1.807, 2.05) is 0 Å². The summed E-state index contributed by atoms with van der Waals surface area (Å²) in [6.45, 7) is 2.44. The van der Waals surface area contributed by atoms with E-state index < -0.39 is 11.7 Å². The fraction of sp³-hybridized carbons (Fsp3) is 0.391. The van der Waals surface area contributed by atoms with Gasteiger partial charge in [0.25, 0.3) is 0 Å². The molecule has 3 heterocycles. The van der Waals surface area contributed by atoms with Crippen molar-refractivity contribution in [2.75, 3.05) is 29.9 Å². The van der Waals surface area contributed by atoms with Gasteiger partial charge in [0.1, 0.15) is 5.84 Å². The zero-order chi connectivity index (χ0) is 22.1. The molecule has 0 unspecified atom stereocenters. The number of halogens is 3. The maximum Gasteiger partial charge on any atom is 0.416 e. The second-order valence-corrected chi connectivity index (χ2v) is 8.29. The summed E-state index contributed by atoms with van der Waals surface area (Å²) >= 11 is 0. The van der Waals surface area contributed by atoms with E-state index in [1.54, 1.807) is 18.2 Å². The summed E-state index contributed by atoms with van der Waals surface area (Å²) in [5.74, 6) is 2.72. The van der Waals surface area contributed by atoms with Crippen LogP contribution in [0.4, 0.5) is 25.1 Å². The Labute approximate surface area is 184 Å². The molecule has 1 N–H and O–H groups in total. The number of nitrogens with one attached hydrogen (secondary N) is 1. The quantitative estimate of drug-likeness (QED) is 0.722. The van der Waals surface area contributed by atoms with Crippen LogP contribution in [0.5, 0.6) is 0 Å². The first-order valence-electron chi connectivity index (χ1n) is 10.8. The van der Waals surface area contributed by atoms with Gasteiger partial charge in [0.15, 0.2) is 5.82 Å². The van der Waals surface area contributed by atoms with Gasteiger partial charge in [-0.25, -0.2) is 0 Å². The summed E-state index contributed by atoms with van der Waals surface area (Å²) in [6.07, 6.45) is 5.48. The minimum Gasteiger partial charge on any atom is -0.341 e. The summed E-state index contributed by atoms with van der Waals surface area (Å²) in [5, 5.41) is 3.19. The van der Waals surface area contributed by atoms with E-state index in [0.29, 0.717) is 35.7 Å². The van der Waals surface area contributed by atoms with E-state index in [4.69, 9.17) is 0 Å². The highest BCUT2D eigenvalue weighted by molar-refractivity contribution is 6.05. The van der Waals surface area contributed by atoms with Crippen LogP contribution in [0.1, 0.15) is 42.6 Å². The second-order valence-electron chi connectivity index (χ2n) is 8.29. The maximum absolute atomic E-state index is 13.0. The number of alkyl halides is 3. The van der Waals surface area contributed by atoms with Crippen LogP contribution < -0.4 is 10.2 Å². The molecular weight excluding hydrogens is 417 g/mol. The fourth-order valence-corrected chi connectivity index (χ4v) is 3.89. The molecule has 6 nitrogen and oxygen atoms in total. The number of amidine groups is 1. The molecule has 2 aromatic rings. The van der Waals surface area contributed by atoms with Gasteiger partial charge in [-0.2, -0.15) is 28.1 Å². The van der Waals surface area contributed by atoms with Crippen LogP contribution in [0.15, 0.2) is 40.9 Å². The summed E-state index contributed by atoms with van der Waals surface area (Å²) < 4.78 is 39.0. The van der Waals surface area contributed by atoms with E-state index in [1.165, 1.54) is 24.5 Å². The van der Waals surface area contributed by atoms with Gasteiger partial charge in [0.2, 0.25) is 11.9 Å². The molecule has 0 amide bonds. The van der Waals surface area contributed by atoms with Crippen LogP contribution in [0.2, 0.25) is 0 Å². The zero-order valence-corrected chi connectivity index (χ0v) is 17.4. The van der Waals surface area contributed by atoms with Crippen LogP contribution in [0, 0.1) is 5.92 Å². The van der Waals surface area contributed by atoms with Crippen molar-refractivity contribution in [2.24, 2.45) is 10.9 Å². The smallest absolute Gasteiger partial charge is 0.341 e. The number of benzene rings is 1. The van der Waals surface area contributed by atoms with Gasteiger partial charge < -0.3 is 10.2 Å². The molecule has 1 aromatic heterocycles. The van der Waals surface area contributed by atoms with Crippen LogP contribution in [0.25, 0.3) is 12.2 Å². The Morgan fingerprint density at radius 2 is 1.84 bits per heavy atom. The van der Waals surface area contributed by atoms with Gasteiger partial charge in [-0.05, 0) is 67.0 Å². The van der Waals surface area contributed by atoms with Crippen LogP contribution >= 0.6 is 0 Å². The Balaban J connectivity index is 1.40. The number of nitrogens with zero attached hydrogens (tertiary/aromatic N) is 5. The monoisotopic (exact) mass is 440 g/mol. The lowest BCUT2D eigenvalue weighted by atomic mass is 10.1. The minimum atomic E-state index is -4.38. The van der Waals surface area contributed by atoms with Crippen LogP contribution in [-0.2, 0) is 6.18 Å². The molecule has 0 radical (unpaired) electrons. The van der Waals surface area contributed by atoms with E-state index in [2.05, 4.69) is 36.2 Å². The van der Waals surface area contributed by atoms with Crippen molar-refractivity contribution in [2.45, 2.75) is 31.9 Å². The van der Waals surface area contributed by atoms with Crippen molar-refractivity contribution >= 4 is 29.9 Å². The van der Waals surface area contributed by atoms with Crippen LogP contribution in [-0.4, -0.2) is 40.4 Å². The topological polar surface area (TPSA) is 66.3 Å². The Kier molecular flexibility index (Phi) is 5.40. The van der Waals surface area contributed by atoms with Gasteiger partial charge in [-0.3, -0.25) is 4.99 Å². The lowest BCUT2D eigenvalue weighted by molar-refractivity contribution is -0.137. The average molecular weight is 440 g/mol. The molecule has 0 bridgehead atoms. The molecule has 1 aromatic carbocycles. The normalized spacial score (nSPS) is 18.9. The third kappa shape index (κ3) is 4.81. The van der Waals surface area contributed by atoms with Crippen molar-refractivity contribution in [3.05, 3.63) is 52.9 Å².